The molecule has 5 aromatic rings. The second-order valence-corrected chi connectivity index (χ2v) is 10.7. The van der Waals surface area contributed by atoms with Gasteiger partial charge in [-0.2, -0.15) is 13.2 Å². The highest BCUT2D eigenvalue weighted by atomic mass is 35.5. The fraction of sp³-hybridized carbons (Fsp3) is 0.111. The Morgan fingerprint density at radius 1 is 0.974 bits per heavy atom. The van der Waals surface area contributed by atoms with E-state index in [4.69, 9.17) is 11.6 Å². The van der Waals surface area contributed by atoms with Gasteiger partial charge < -0.3 is 4.98 Å². The predicted octanol–water partition coefficient (Wildman–Crippen LogP) is 7.00. The number of rotatable bonds is 6. The zero-order valence-electron chi connectivity index (χ0n) is 19.8. The minimum Gasteiger partial charge on any atom is -0.358 e. The summed E-state index contributed by atoms with van der Waals surface area (Å²) in [6.45, 7) is 1.99. The van der Waals surface area contributed by atoms with Gasteiger partial charge >= 0.3 is 6.18 Å². The van der Waals surface area contributed by atoms with Gasteiger partial charge in [-0.05, 0) is 54.8 Å². The largest absolute Gasteiger partial charge is 0.417 e. The Kier molecular flexibility index (Phi) is 6.62. The normalized spacial score (nSPS) is 12.1. The summed E-state index contributed by atoms with van der Waals surface area (Å²) in [5, 5.41) is 1.67. The molecule has 0 bridgehead atoms. The van der Waals surface area contributed by atoms with Crippen LogP contribution in [0.4, 0.5) is 19.0 Å². The van der Waals surface area contributed by atoms with Gasteiger partial charge in [0.25, 0.3) is 10.0 Å². The molecule has 2 N–H and O–H groups in total. The van der Waals surface area contributed by atoms with Gasteiger partial charge in [0.2, 0.25) is 0 Å². The van der Waals surface area contributed by atoms with Crippen molar-refractivity contribution in [3.05, 3.63) is 107 Å². The van der Waals surface area contributed by atoms with Gasteiger partial charge in [0.1, 0.15) is 5.69 Å². The Bertz CT molecular complexity index is 1750. The zero-order valence-corrected chi connectivity index (χ0v) is 21.4. The number of aromatic amines is 1. The molecule has 0 unspecified atom stereocenters. The highest BCUT2D eigenvalue weighted by Gasteiger charge is 2.37. The van der Waals surface area contributed by atoms with Gasteiger partial charge in [0.15, 0.2) is 5.82 Å². The molecule has 0 spiro atoms. The number of sulfonamides is 1. The third-order valence-electron chi connectivity index (χ3n) is 6.10. The van der Waals surface area contributed by atoms with Crippen LogP contribution in [0, 0.1) is 6.92 Å². The van der Waals surface area contributed by atoms with Crippen molar-refractivity contribution in [1.82, 2.24) is 15.0 Å². The first kappa shape index (κ1) is 25.7. The smallest absolute Gasteiger partial charge is 0.358 e. The number of anilines is 1. The molecule has 0 aliphatic rings. The first-order chi connectivity index (χ1) is 18.0. The molecule has 38 heavy (non-hydrogen) atoms. The molecular weight excluding hydrogens is 537 g/mol. The molecule has 0 aliphatic heterocycles. The van der Waals surface area contributed by atoms with E-state index in [2.05, 4.69) is 19.7 Å². The third kappa shape index (κ3) is 5.09. The van der Waals surface area contributed by atoms with Crippen molar-refractivity contribution in [1.29, 1.82) is 0 Å². The van der Waals surface area contributed by atoms with Gasteiger partial charge in [-0.25, -0.2) is 13.4 Å². The molecule has 0 saturated carbocycles. The van der Waals surface area contributed by atoms with E-state index in [1.54, 1.807) is 12.1 Å². The number of benzene rings is 3. The highest BCUT2D eigenvalue weighted by Crippen LogP contribution is 2.35. The van der Waals surface area contributed by atoms with Crippen molar-refractivity contribution in [3.63, 3.8) is 0 Å². The number of alkyl halides is 3. The Hall–Kier alpha value is -3.89. The van der Waals surface area contributed by atoms with Crippen LogP contribution in [0.3, 0.4) is 0 Å². The Labute approximate surface area is 221 Å². The minimum absolute atomic E-state index is 0.181. The fourth-order valence-corrected chi connectivity index (χ4v) is 5.73. The van der Waals surface area contributed by atoms with Crippen LogP contribution in [0.15, 0.2) is 84.0 Å². The molecule has 194 valence electrons. The first-order valence-corrected chi connectivity index (χ1v) is 13.2. The van der Waals surface area contributed by atoms with Crippen LogP contribution in [-0.4, -0.2) is 23.4 Å². The fourth-order valence-electron chi connectivity index (χ4n) is 4.31. The molecule has 0 amide bonds. The van der Waals surface area contributed by atoms with E-state index in [1.807, 2.05) is 37.3 Å². The summed E-state index contributed by atoms with van der Waals surface area (Å²) in [6.07, 6.45) is -1.58. The second kappa shape index (κ2) is 9.77. The van der Waals surface area contributed by atoms with Crippen LogP contribution >= 0.6 is 11.6 Å². The Morgan fingerprint density at radius 2 is 1.68 bits per heavy atom. The molecule has 5 rings (SSSR count). The molecule has 0 fully saturated rings. The predicted molar refractivity (Wildman–Crippen MR) is 141 cm³/mol. The number of aromatic nitrogens is 3. The molecule has 2 aromatic heterocycles. The van der Waals surface area contributed by atoms with E-state index in [-0.39, 0.29) is 11.5 Å². The van der Waals surface area contributed by atoms with E-state index in [9.17, 15) is 21.6 Å². The summed E-state index contributed by atoms with van der Waals surface area (Å²) in [5.74, 6) is -0.181. The summed E-state index contributed by atoms with van der Waals surface area (Å²) in [5.41, 5.74) is 3.56. The first-order valence-electron chi connectivity index (χ1n) is 11.4. The highest BCUT2D eigenvalue weighted by molar-refractivity contribution is 7.92. The van der Waals surface area contributed by atoms with E-state index in [0.717, 1.165) is 39.9 Å². The maximum atomic E-state index is 13.4. The van der Waals surface area contributed by atoms with Gasteiger partial charge in [-0.1, -0.05) is 48.0 Å². The second-order valence-electron chi connectivity index (χ2n) is 8.65. The average Bonchev–Trinajstić information content (AvgIpc) is 3.18. The number of aryl methyl sites for hydroxylation is 1. The van der Waals surface area contributed by atoms with Gasteiger partial charge in [-0.3, -0.25) is 9.71 Å². The van der Waals surface area contributed by atoms with Crippen molar-refractivity contribution in [2.45, 2.75) is 24.4 Å². The van der Waals surface area contributed by atoms with Crippen LogP contribution in [0.2, 0.25) is 5.02 Å². The lowest BCUT2D eigenvalue weighted by Gasteiger charge is -2.15. The summed E-state index contributed by atoms with van der Waals surface area (Å²) >= 11 is 6.19. The van der Waals surface area contributed by atoms with Crippen molar-refractivity contribution < 1.29 is 21.6 Å². The number of H-pyrrole nitrogens is 1. The minimum atomic E-state index is -4.85. The topological polar surface area (TPSA) is 87.7 Å². The standard InChI is InChI=1S/C27H20ClF3N4O2S/c1-16-20(21-15-19(28)10-11-23(21)34-16)14-17-6-8-18(9-7-17)25-26(33-13-12-32-25)35-38(36,37)24-5-3-2-4-22(24)27(29,30)31/h2-13,15,34H,14H2,1H3,(H,33,35). The van der Waals surface area contributed by atoms with Crippen LogP contribution in [0.1, 0.15) is 22.4 Å². The number of fused-ring (bicyclic) bond motifs is 1. The summed E-state index contributed by atoms with van der Waals surface area (Å²) < 4.78 is 68.4. The molecule has 0 aliphatic carbocycles. The van der Waals surface area contributed by atoms with Crippen LogP contribution in [0.5, 0.6) is 0 Å². The van der Waals surface area contributed by atoms with Crippen molar-refractivity contribution in [2.75, 3.05) is 4.72 Å². The zero-order chi connectivity index (χ0) is 27.1. The van der Waals surface area contributed by atoms with E-state index >= 15 is 0 Å². The summed E-state index contributed by atoms with van der Waals surface area (Å²) in [7, 11) is -4.62. The number of hydrogen-bond donors (Lipinski definition) is 2. The van der Waals surface area contributed by atoms with E-state index < -0.39 is 26.7 Å². The van der Waals surface area contributed by atoms with Crippen molar-refractivity contribution in [2.24, 2.45) is 0 Å². The average molecular weight is 557 g/mol. The number of nitrogens with one attached hydrogen (secondary N) is 2. The molecule has 11 heteroatoms. The number of hydrogen-bond acceptors (Lipinski definition) is 4. The number of halogens is 4. The number of nitrogens with zero attached hydrogens (tertiary/aromatic N) is 2. The Morgan fingerprint density at radius 3 is 2.42 bits per heavy atom. The lowest BCUT2D eigenvalue weighted by Crippen LogP contribution is -2.20. The van der Waals surface area contributed by atoms with Gasteiger partial charge in [0.05, 0.1) is 10.5 Å². The monoisotopic (exact) mass is 556 g/mol. The molecule has 0 radical (unpaired) electrons. The Balaban J connectivity index is 1.44. The molecule has 3 aromatic carbocycles. The molecule has 0 saturated heterocycles. The summed E-state index contributed by atoms with van der Waals surface area (Å²) in [4.78, 5) is 10.7. The van der Waals surface area contributed by atoms with Crippen LogP contribution in [0.25, 0.3) is 22.2 Å². The molecule has 0 atom stereocenters. The molecular formula is C27H20ClF3N4O2S. The maximum absolute atomic E-state index is 13.4. The SMILES string of the molecule is Cc1[nH]c2ccc(Cl)cc2c1Cc1ccc(-c2nccnc2NS(=O)(=O)c2ccccc2C(F)(F)F)cc1. The van der Waals surface area contributed by atoms with E-state index in [0.29, 0.717) is 23.1 Å². The molecule has 6 nitrogen and oxygen atoms in total. The van der Waals surface area contributed by atoms with Crippen molar-refractivity contribution in [3.8, 4) is 11.3 Å². The lowest BCUT2D eigenvalue weighted by atomic mass is 10.0. The quantitative estimate of drug-likeness (QED) is 0.236. The third-order valence-corrected chi connectivity index (χ3v) is 7.73. The summed E-state index contributed by atoms with van der Waals surface area (Å²) in [6, 6.07) is 16.9. The van der Waals surface area contributed by atoms with Gasteiger partial charge in [-0.15, -0.1) is 0 Å². The van der Waals surface area contributed by atoms with E-state index in [1.165, 1.54) is 18.5 Å². The maximum Gasteiger partial charge on any atom is 0.417 e. The van der Waals surface area contributed by atoms with Crippen LogP contribution in [-0.2, 0) is 22.6 Å². The molecule has 2 heterocycles. The van der Waals surface area contributed by atoms with Crippen molar-refractivity contribution >= 4 is 38.3 Å². The van der Waals surface area contributed by atoms with Gasteiger partial charge in [0, 0.05) is 39.6 Å². The lowest BCUT2D eigenvalue weighted by molar-refractivity contribution is -0.139. The van der Waals surface area contributed by atoms with Crippen LogP contribution < -0.4 is 4.72 Å².